The molecule has 1 aliphatic heterocycles. The second-order valence-electron chi connectivity index (χ2n) is 3.31. The zero-order valence-corrected chi connectivity index (χ0v) is 9.79. The Bertz CT molecular complexity index is 360. The summed E-state index contributed by atoms with van der Waals surface area (Å²) < 4.78 is 0. The molecular formula is C11H13BrN2. The molecule has 0 saturated carbocycles. The van der Waals surface area contributed by atoms with Crippen molar-refractivity contribution in [1.29, 1.82) is 0 Å². The van der Waals surface area contributed by atoms with E-state index in [-0.39, 0.29) is 0 Å². The van der Waals surface area contributed by atoms with Crippen LogP contribution < -0.4 is 4.90 Å². The highest BCUT2D eigenvalue weighted by atomic mass is 79.9. The quantitative estimate of drug-likeness (QED) is 0.740. The van der Waals surface area contributed by atoms with Crippen LogP contribution >= 0.6 is 15.9 Å². The molecule has 0 N–H and O–H groups in total. The minimum atomic E-state index is 0.859. The van der Waals surface area contributed by atoms with Crippen LogP contribution in [0.15, 0.2) is 29.3 Å². The lowest BCUT2D eigenvalue weighted by Gasteiger charge is -2.28. The number of hydrogen-bond acceptors (Lipinski definition) is 2. The van der Waals surface area contributed by atoms with Crippen molar-refractivity contribution in [2.45, 2.75) is 6.92 Å². The molecule has 14 heavy (non-hydrogen) atoms. The number of fused-ring (bicyclic) bond motifs is 1. The van der Waals surface area contributed by atoms with E-state index in [0.29, 0.717) is 0 Å². The standard InChI is InChI=1S/C11H13BrN2/c1-2-14-8-9(7-12)13-10-5-3-4-6-11(10)14/h3-6H,2,7-8H2,1H3. The summed E-state index contributed by atoms with van der Waals surface area (Å²) in [5.41, 5.74) is 3.54. The van der Waals surface area contributed by atoms with Gasteiger partial charge in [-0.25, -0.2) is 0 Å². The predicted molar refractivity (Wildman–Crippen MR) is 65.2 cm³/mol. The fraction of sp³-hybridized carbons (Fsp3) is 0.364. The van der Waals surface area contributed by atoms with E-state index in [1.54, 1.807) is 0 Å². The molecule has 0 atom stereocenters. The molecule has 0 bridgehead atoms. The van der Waals surface area contributed by atoms with Gasteiger partial charge in [-0.2, -0.15) is 0 Å². The molecule has 0 aliphatic carbocycles. The van der Waals surface area contributed by atoms with E-state index in [9.17, 15) is 0 Å². The van der Waals surface area contributed by atoms with E-state index in [2.05, 4.69) is 50.9 Å². The summed E-state index contributed by atoms with van der Waals surface area (Å²) in [5.74, 6) is 0. The van der Waals surface area contributed by atoms with Gasteiger partial charge in [0.05, 0.1) is 17.9 Å². The Morgan fingerprint density at radius 2 is 2.21 bits per heavy atom. The Labute approximate surface area is 92.8 Å². The lowest BCUT2D eigenvalue weighted by Crippen LogP contribution is -2.32. The number of nitrogens with zero attached hydrogens (tertiary/aromatic N) is 2. The van der Waals surface area contributed by atoms with Crippen molar-refractivity contribution in [3.05, 3.63) is 24.3 Å². The molecule has 1 aromatic carbocycles. The van der Waals surface area contributed by atoms with Crippen molar-refractivity contribution in [1.82, 2.24) is 0 Å². The maximum absolute atomic E-state index is 4.59. The third-order valence-corrected chi connectivity index (χ3v) is 3.06. The van der Waals surface area contributed by atoms with Gasteiger partial charge in [0.1, 0.15) is 0 Å². The van der Waals surface area contributed by atoms with Gasteiger partial charge in [0.15, 0.2) is 0 Å². The molecule has 1 heterocycles. The van der Waals surface area contributed by atoms with Gasteiger partial charge in [-0.15, -0.1) is 0 Å². The van der Waals surface area contributed by atoms with Crippen LogP contribution in [-0.4, -0.2) is 24.1 Å². The molecule has 0 unspecified atom stereocenters. The summed E-state index contributed by atoms with van der Waals surface area (Å²) in [6.45, 7) is 4.15. The highest BCUT2D eigenvalue weighted by molar-refractivity contribution is 9.09. The van der Waals surface area contributed by atoms with Gasteiger partial charge >= 0.3 is 0 Å². The van der Waals surface area contributed by atoms with Crippen molar-refractivity contribution < 1.29 is 0 Å². The lowest BCUT2D eigenvalue weighted by atomic mass is 10.2. The number of rotatable bonds is 2. The summed E-state index contributed by atoms with van der Waals surface area (Å²) in [6, 6.07) is 8.30. The third kappa shape index (κ3) is 1.69. The highest BCUT2D eigenvalue weighted by Gasteiger charge is 2.16. The molecule has 2 nitrogen and oxygen atoms in total. The first-order valence-corrected chi connectivity index (χ1v) is 5.93. The number of para-hydroxylation sites is 2. The zero-order chi connectivity index (χ0) is 9.97. The second kappa shape index (κ2) is 4.13. The molecule has 0 aromatic heterocycles. The molecule has 0 spiro atoms. The van der Waals surface area contributed by atoms with E-state index in [0.717, 1.165) is 24.1 Å². The van der Waals surface area contributed by atoms with Gasteiger partial charge in [0, 0.05) is 17.6 Å². The van der Waals surface area contributed by atoms with Crippen LogP contribution in [0.5, 0.6) is 0 Å². The molecule has 3 heteroatoms. The lowest BCUT2D eigenvalue weighted by molar-refractivity contribution is 0.911. The van der Waals surface area contributed by atoms with Crippen molar-refractivity contribution >= 4 is 33.0 Å². The number of halogens is 1. The topological polar surface area (TPSA) is 15.6 Å². The summed E-state index contributed by atoms with van der Waals surface area (Å²) in [7, 11) is 0. The maximum atomic E-state index is 4.59. The van der Waals surface area contributed by atoms with Crippen molar-refractivity contribution in [2.75, 3.05) is 23.3 Å². The van der Waals surface area contributed by atoms with Crippen LogP contribution in [0.25, 0.3) is 0 Å². The summed E-state index contributed by atoms with van der Waals surface area (Å²) in [5, 5.41) is 0.859. The molecule has 0 fully saturated rings. The fourth-order valence-electron chi connectivity index (χ4n) is 1.69. The van der Waals surface area contributed by atoms with Crippen LogP contribution in [-0.2, 0) is 0 Å². The molecule has 74 valence electrons. The number of alkyl halides is 1. The number of hydrogen-bond donors (Lipinski definition) is 0. The Hall–Kier alpha value is -0.830. The third-order valence-electron chi connectivity index (χ3n) is 2.41. The number of benzene rings is 1. The minimum absolute atomic E-state index is 0.859. The Balaban J connectivity index is 2.43. The Kier molecular flexibility index (Phi) is 2.87. The second-order valence-corrected chi connectivity index (χ2v) is 3.88. The van der Waals surface area contributed by atoms with Gasteiger partial charge in [-0.05, 0) is 19.1 Å². The van der Waals surface area contributed by atoms with Crippen LogP contribution in [0.3, 0.4) is 0 Å². The SMILES string of the molecule is CCN1CC(CBr)=Nc2ccccc21. The smallest absolute Gasteiger partial charge is 0.0863 e. The average Bonchev–Trinajstić information content (AvgIpc) is 2.27. The largest absolute Gasteiger partial charge is 0.364 e. The monoisotopic (exact) mass is 252 g/mol. The van der Waals surface area contributed by atoms with E-state index >= 15 is 0 Å². The van der Waals surface area contributed by atoms with Crippen molar-refractivity contribution in [3.8, 4) is 0 Å². The van der Waals surface area contributed by atoms with Gasteiger partial charge in [-0.1, -0.05) is 28.1 Å². The number of anilines is 1. The minimum Gasteiger partial charge on any atom is -0.364 e. The molecule has 1 aromatic rings. The van der Waals surface area contributed by atoms with Crippen LogP contribution in [0.2, 0.25) is 0 Å². The molecule has 0 amide bonds. The van der Waals surface area contributed by atoms with E-state index in [1.807, 2.05) is 6.07 Å². The molecule has 0 saturated heterocycles. The Morgan fingerprint density at radius 1 is 1.43 bits per heavy atom. The predicted octanol–water partition coefficient (Wildman–Crippen LogP) is 2.99. The van der Waals surface area contributed by atoms with Gasteiger partial charge in [0.25, 0.3) is 0 Å². The van der Waals surface area contributed by atoms with Crippen molar-refractivity contribution in [3.63, 3.8) is 0 Å². The summed E-state index contributed by atoms with van der Waals surface area (Å²) >= 11 is 3.46. The van der Waals surface area contributed by atoms with Gasteiger partial charge < -0.3 is 4.90 Å². The first-order chi connectivity index (χ1) is 6.85. The molecular weight excluding hydrogens is 240 g/mol. The van der Waals surface area contributed by atoms with Gasteiger partial charge in [-0.3, -0.25) is 4.99 Å². The normalized spacial score (nSPS) is 15.0. The van der Waals surface area contributed by atoms with E-state index in [1.165, 1.54) is 11.4 Å². The van der Waals surface area contributed by atoms with E-state index < -0.39 is 0 Å². The summed E-state index contributed by atoms with van der Waals surface area (Å²) in [6.07, 6.45) is 0. The van der Waals surface area contributed by atoms with Crippen LogP contribution in [0, 0.1) is 0 Å². The Morgan fingerprint density at radius 3 is 2.93 bits per heavy atom. The molecule has 0 radical (unpaired) electrons. The summed E-state index contributed by atoms with van der Waals surface area (Å²) in [4.78, 5) is 6.94. The first-order valence-electron chi connectivity index (χ1n) is 4.81. The fourth-order valence-corrected chi connectivity index (χ4v) is 1.99. The van der Waals surface area contributed by atoms with E-state index in [4.69, 9.17) is 0 Å². The average molecular weight is 253 g/mol. The van der Waals surface area contributed by atoms with Crippen molar-refractivity contribution in [2.24, 2.45) is 4.99 Å². The van der Waals surface area contributed by atoms with Crippen LogP contribution in [0.4, 0.5) is 11.4 Å². The maximum Gasteiger partial charge on any atom is 0.0863 e. The zero-order valence-electron chi connectivity index (χ0n) is 8.20. The molecule has 1 aliphatic rings. The number of aliphatic imine (C=N–C) groups is 1. The first kappa shape index (κ1) is 9.71. The molecule has 2 rings (SSSR count). The van der Waals surface area contributed by atoms with Gasteiger partial charge in [0.2, 0.25) is 0 Å². The highest BCUT2D eigenvalue weighted by Crippen LogP contribution is 2.31. The van der Waals surface area contributed by atoms with Crippen LogP contribution in [0.1, 0.15) is 6.92 Å².